The minimum Gasteiger partial charge on any atom is -0.389 e. The minimum atomic E-state index is -0.161. The normalized spacial score (nSPS) is 54.0. The average molecular weight is 180 g/mol. The van der Waals surface area contributed by atoms with Gasteiger partial charge in [0.25, 0.3) is 0 Å². The number of fused-ring (bicyclic) bond motifs is 1. The van der Waals surface area contributed by atoms with E-state index in [9.17, 15) is 5.11 Å². The van der Waals surface area contributed by atoms with Crippen LogP contribution in [-0.4, -0.2) is 10.7 Å². The van der Waals surface area contributed by atoms with Gasteiger partial charge in [-0.05, 0) is 55.3 Å². The summed E-state index contributed by atoms with van der Waals surface area (Å²) in [5.74, 6) is 3.85. The Morgan fingerprint density at radius 1 is 1.15 bits per heavy atom. The lowest BCUT2D eigenvalue weighted by molar-refractivity contribution is 0.0698. The topological polar surface area (TPSA) is 20.2 Å². The third-order valence-corrected chi connectivity index (χ3v) is 4.85. The first-order valence-corrected chi connectivity index (χ1v) is 5.86. The lowest BCUT2D eigenvalue weighted by atomic mass is 9.87. The maximum atomic E-state index is 10.3. The van der Waals surface area contributed by atoms with Gasteiger partial charge < -0.3 is 5.11 Å². The van der Waals surface area contributed by atoms with Gasteiger partial charge >= 0.3 is 0 Å². The van der Waals surface area contributed by atoms with E-state index in [-0.39, 0.29) is 5.60 Å². The van der Waals surface area contributed by atoms with Crippen LogP contribution in [0.25, 0.3) is 0 Å². The average Bonchev–Trinajstić information content (AvgIpc) is 2.93. The molecule has 2 unspecified atom stereocenters. The van der Waals surface area contributed by atoms with Gasteiger partial charge in [0.1, 0.15) is 0 Å². The Kier molecular flexibility index (Phi) is 1.47. The third-order valence-electron chi connectivity index (χ3n) is 4.85. The van der Waals surface area contributed by atoms with E-state index in [4.69, 9.17) is 0 Å². The van der Waals surface area contributed by atoms with Crippen LogP contribution < -0.4 is 0 Å². The molecule has 74 valence electrons. The molecule has 1 N–H and O–H groups in total. The van der Waals surface area contributed by atoms with Crippen molar-refractivity contribution >= 4 is 0 Å². The van der Waals surface area contributed by atoms with E-state index >= 15 is 0 Å². The number of rotatable bonds is 2. The fraction of sp³-hybridized carbons (Fsp3) is 1.00. The van der Waals surface area contributed by atoms with Gasteiger partial charge in [0, 0.05) is 0 Å². The van der Waals surface area contributed by atoms with Crippen molar-refractivity contribution in [2.45, 2.75) is 45.1 Å². The molecule has 3 rings (SSSR count). The molecule has 3 aliphatic rings. The molecule has 0 saturated heterocycles. The smallest absolute Gasteiger partial charge is 0.0739 e. The van der Waals surface area contributed by atoms with Gasteiger partial charge in [0.05, 0.1) is 5.60 Å². The number of aliphatic hydroxyl groups is 1. The minimum absolute atomic E-state index is 0.161. The maximum Gasteiger partial charge on any atom is 0.0739 e. The molecule has 0 aromatic heterocycles. The van der Waals surface area contributed by atoms with Crippen molar-refractivity contribution in [1.29, 1.82) is 0 Å². The van der Waals surface area contributed by atoms with Gasteiger partial charge in [-0.25, -0.2) is 0 Å². The molecule has 1 heteroatoms. The zero-order valence-electron chi connectivity index (χ0n) is 8.66. The Morgan fingerprint density at radius 3 is 2.08 bits per heavy atom. The van der Waals surface area contributed by atoms with E-state index in [1.807, 2.05) is 0 Å². The summed E-state index contributed by atoms with van der Waals surface area (Å²) in [5, 5.41) is 10.3. The highest BCUT2D eigenvalue weighted by Gasteiger charge is 2.72. The fourth-order valence-electron chi connectivity index (χ4n) is 3.70. The van der Waals surface area contributed by atoms with Crippen molar-refractivity contribution in [3.8, 4) is 0 Å². The first-order chi connectivity index (χ1) is 6.14. The molecular weight excluding hydrogens is 160 g/mol. The predicted octanol–water partition coefficient (Wildman–Crippen LogP) is 2.44. The van der Waals surface area contributed by atoms with Crippen LogP contribution in [0.15, 0.2) is 0 Å². The summed E-state index contributed by atoms with van der Waals surface area (Å²) in [4.78, 5) is 0. The van der Waals surface area contributed by atoms with Crippen LogP contribution in [0.1, 0.15) is 39.5 Å². The Bertz CT molecular complexity index is 217. The summed E-state index contributed by atoms with van der Waals surface area (Å²) in [6.45, 7) is 4.65. The summed E-state index contributed by atoms with van der Waals surface area (Å²) < 4.78 is 0. The van der Waals surface area contributed by atoms with Crippen molar-refractivity contribution in [2.24, 2.45) is 29.6 Å². The second kappa shape index (κ2) is 2.31. The largest absolute Gasteiger partial charge is 0.389 e. The molecule has 3 saturated carbocycles. The molecule has 0 aromatic carbocycles. The van der Waals surface area contributed by atoms with Crippen LogP contribution in [0, 0.1) is 29.6 Å². The highest BCUT2D eigenvalue weighted by atomic mass is 16.3. The zero-order chi connectivity index (χ0) is 9.22. The predicted molar refractivity (Wildman–Crippen MR) is 52.2 cm³/mol. The van der Waals surface area contributed by atoms with Crippen molar-refractivity contribution in [2.75, 3.05) is 0 Å². The molecule has 13 heavy (non-hydrogen) atoms. The van der Waals surface area contributed by atoms with Gasteiger partial charge in [-0.15, -0.1) is 0 Å². The quantitative estimate of drug-likeness (QED) is 0.692. The Balaban J connectivity index is 1.67. The maximum absolute atomic E-state index is 10.3. The monoisotopic (exact) mass is 180 g/mol. The molecule has 3 aliphatic carbocycles. The summed E-state index contributed by atoms with van der Waals surface area (Å²) in [6, 6.07) is 0. The summed E-state index contributed by atoms with van der Waals surface area (Å²) in [6.07, 6.45) is 5.23. The van der Waals surface area contributed by atoms with Gasteiger partial charge in [0.15, 0.2) is 0 Å². The van der Waals surface area contributed by atoms with Crippen LogP contribution in [0.4, 0.5) is 0 Å². The SMILES string of the molecule is CC(C)C1CC2C(C1)C2(O)C1CC1. The van der Waals surface area contributed by atoms with E-state index in [1.165, 1.54) is 25.7 Å². The molecule has 1 nitrogen and oxygen atoms in total. The lowest BCUT2D eigenvalue weighted by Gasteiger charge is -2.21. The Hall–Kier alpha value is -0.0400. The molecule has 0 aromatic rings. The zero-order valence-corrected chi connectivity index (χ0v) is 8.66. The molecule has 0 spiro atoms. The summed E-state index contributed by atoms with van der Waals surface area (Å²) >= 11 is 0. The van der Waals surface area contributed by atoms with Gasteiger partial charge in [0.2, 0.25) is 0 Å². The molecule has 0 amide bonds. The van der Waals surface area contributed by atoms with E-state index in [0.717, 1.165) is 11.8 Å². The second-order valence-electron chi connectivity index (χ2n) is 5.85. The van der Waals surface area contributed by atoms with E-state index in [2.05, 4.69) is 13.8 Å². The summed E-state index contributed by atoms with van der Waals surface area (Å²) in [7, 11) is 0. The molecule has 2 atom stereocenters. The van der Waals surface area contributed by atoms with Crippen LogP contribution in [0.2, 0.25) is 0 Å². The van der Waals surface area contributed by atoms with Crippen molar-refractivity contribution in [3.05, 3.63) is 0 Å². The Morgan fingerprint density at radius 2 is 1.69 bits per heavy atom. The van der Waals surface area contributed by atoms with Crippen molar-refractivity contribution in [1.82, 2.24) is 0 Å². The van der Waals surface area contributed by atoms with E-state index in [1.54, 1.807) is 0 Å². The molecular formula is C12H20O. The van der Waals surface area contributed by atoms with Crippen LogP contribution in [0.5, 0.6) is 0 Å². The highest BCUT2D eigenvalue weighted by Crippen LogP contribution is 2.70. The van der Waals surface area contributed by atoms with Crippen LogP contribution in [0.3, 0.4) is 0 Å². The molecule has 0 aliphatic heterocycles. The third kappa shape index (κ3) is 0.971. The molecule has 0 bridgehead atoms. The van der Waals surface area contributed by atoms with Crippen molar-refractivity contribution in [3.63, 3.8) is 0 Å². The van der Waals surface area contributed by atoms with Gasteiger partial charge in [-0.1, -0.05) is 13.8 Å². The van der Waals surface area contributed by atoms with Crippen LogP contribution >= 0.6 is 0 Å². The van der Waals surface area contributed by atoms with Gasteiger partial charge in [-0.3, -0.25) is 0 Å². The fourth-order valence-corrected chi connectivity index (χ4v) is 3.70. The van der Waals surface area contributed by atoms with Gasteiger partial charge in [-0.2, -0.15) is 0 Å². The summed E-state index contributed by atoms with van der Waals surface area (Å²) in [5.41, 5.74) is -0.161. The standard InChI is InChI=1S/C12H20O/c1-7(2)8-5-10-11(6-8)12(10,13)9-3-4-9/h7-11,13H,3-6H2,1-2H3. The molecule has 0 radical (unpaired) electrons. The first kappa shape index (κ1) is 8.28. The number of hydrogen-bond donors (Lipinski definition) is 1. The molecule has 3 fully saturated rings. The van der Waals surface area contributed by atoms with Crippen LogP contribution in [-0.2, 0) is 0 Å². The number of hydrogen-bond acceptors (Lipinski definition) is 1. The van der Waals surface area contributed by atoms with Crippen molar-refractivity contribution < 1.29 is 5.11 Å². The second-order valence-corrected chi connectivity index (χ2v) is 5.85. The Labute approximate surface area is 80.5 Å². The molecule has 0 heterocycles. The highest BCUT2D eigenvalue weighted by molar-refractivity contribution is 5.21. The lowest BCUT2D eigenvalue weighted by Crippen LogP contribution is -2.22. The van der Waals surface area contributed by atoms with E-state index in [0.29, 0.717) is 17.8 Å². The van der Waals surface area contributed by atoms with E-state index < -0.39 is 0 Å². The first-order valence-electron chi connectivity index (χ1n) is 5.86.